The van der Waals surface area contributed by atoms with E-state index in [-0.39, 0.29) is 6.42 Å². The van der Waals surface area contributed by atoms with Gasteiger partial charge in [-0.05, 0) is 62.2 Å². The molecule has 0 aromatic heterocycles. The van der Waals surface area contributed by atoms with Crippen LogP contribution in [-0.4, -0.2) is 38.8 Å². The minimum Gasteiger partial charge on any atom is -0.497 e. The van der Waals surface area contributed by atoms with E-state index < -0.39 is 18.0 Å². The van der Waals surface area contributed by atoms with Crippen molar-refractivity contribution < 1.29 is 28.5 Å². The zero-order chi connectivity index (χ0) is 21.2. The topological polar surface area (TPSA) is 83.1 Å². The van der Waals surface area contributed by atoms with Gasteiger partial charge in [-0.3, -0.25) is 9.59 Å². The highest BCUT2D eigenvalue weighted by Crippen LogP contribution is 2.25. The fourth-order valence-electron chi connectivity index (χ4n) is 2.54. The Balaban J connectivity index is 1.73. The van der Waals surface area contributed by atoms with E-state index in [2.05, 4.69) is 5.32 Å². The van der Waals surface area contributed by atoms with Crippen molar-refractivity contribution in [2.24, 2.45) is 0 Å². The van der Waals surface area contributed by atoms with Gasteiger partial charge in [-0.1, -0.05) is 6.07 Å². The van der Waals surface area contributed by atoms with Crippen molar-refractivity contribution in [3.05, 3.63) is 48.0 Å². The van der Waals surface area contributed by atoms with E-state index in [1.54, 1.807) is 43.5 Å². The molecule has 0 radical (unpaired) electrons. The molecule has 1 atom stereocenters. The average molecular weight is 401 g/mol. The second-order valence-corrected chi connectivity index (χ2v) is 6.45. The molecule has 0 aliphatic rings. The second-order valence-electron chi connectivity index (χ2n) is 6.45. The summed E-state index contributed by atoms with van der Waals surface area (Å²) in [6.45, 7) is 3.80. The van der Waals surface area contributed by atoms with E-state index in [1.165, 1.54) is 14.0 Å². The first-order valence-electron chi connectivity index (χ1n) is 9.34. The van der Waals surface area contributed by atoms with Crippen LogP contribution in [0.25, 0.3) is 0 Å². The Kier molecular flexibility index (Phi) is 8.33. The van der Waals surface area contributed by atoms with Crippen LogP contribution < -0.4 is 19.5 Å². The predicted octanol–water partition coefficient (Wildman–Crippen LogP) is 3.74. The molecule has 0 bridgehead atoms. The summed E-state index contributed by atoms with van der Waals surface area (Å²) in [4.78, 5) is 24.3. The molecule has 0 spiro atoms. The number of aryl methyl sites for hydroxylation is 1. The Morgan fingerprint density at radius 3 is 2.34 bits per heavy atom. The normalized spacial score (nSPS) is 11.3. The summed E-state index contributed by atoms with van der Waals surface area (Å²) in [6.07, 6.45) is -0.290. The lowest BCUT2D eigenvalue weighted by atomic mass is 10.2. The van der Waals surface area contributed by atoms with E-state index in [1.807, 2.05) is 13.0 Å². The first kappa shape index (κ1) is 22.1. The SMILES string of the molecule is COc1ccc(OCCCC(=O)OC(C)C(=O)Nc2cc(C)ccc2OC)cc1. The molecular formula is C22H27NO6. The lowest BCUT2D eigenvalue weighted by Gasteiger charge is -2.15. The van der Waals surface area contributed by atoms with Gasteiger partial charge in [-0.25, -0.2) is 0 Å². The van der Waals surface area contributed by atoms with E-state index in [0.29, 0.717) is 30.2 Å². The summed E-state index contributed by atoms with van der Waals surface area (Å²) in [5.74, 6) is 1.10. The molecule has 0 aliphatic heterocycles. The third-order valence-corrected chi connectivity index (χ3v) is 4.14. The molecule has 0 heterocycles. The third-order valence-electron chi connectivity index (χ3n) is 4.14. The molecule has 1 unspecified atom stereocenters. The minimum absolute atomic E-state index is 0.154. The quantitative estimate of drug-likeness (QED) is 0.482. The number of ether oxygens (including phenoxy) is 4. The molecule has 0 saturated carbocycles. The molecule has 0 aliphatic carbocycles. The monoisotopic (exact) mass is 401 g/mol. The number of anilines is 1. The molecule has 2 rings (SSSR count). The summed E-state index contributed by atoms with van der Waals surface area (Å²) in [7, 11) is 3.12. The average Bonchev–Trinajstić information content (AvgIpc) is 2.71. The lowest BCUT2D eigenvalue weighted by Crippen LogP contribution is -2.30. The Bertz CT molecular complexity index is 819. The predicted molar refractivity (Wildman–Crippen MR) is 110 cm³/mol. The second kappa shape index (κ2) is 10.9. The highest BCUT2D eigenvalue weighted by atomic mass is 16.5. The largest absolute Gasteiger partial charge is 0.497 e. The first-order valence-corrected chi connectivity index (χ1v) is 9.34. The van der Waals surface area contributed by atoms with Crippen LogP contribution in [-0.2, 0) is 14.3 Å². The van der Waals surface area contributed by atoms with Crippen molar-refractivity contribution in [2.75, 3.05) is 26.1 Å². The number of carbonyl (C=O) groups excluding carboxylic acids is 2. The molecule has 2 aromatic carbocycles. The van der Waals surface area contributed by atoms with Crippen LogP contribution in [0, 0.1) is 6.92 Å². The van der Waals surface area contributed by atoms with E-state index in [4.69, 9.17) is 18.9 Å². The summed E-state index contributed by atoms with van der Waals surface area (Å²) in [5.41, 5.74) is 1.51. The molecule has 156 valence electrons. The van der Waals surface area contributed by atoms with Crippen LogP contribution in [0.3, 0.4) is 0 Å². The van der Waals surface area contributed by atoms with Gasteiger partial charge in [0.2, 0.25) is 0 Å². The van der Waals surface area contributed by atoms with Crippen LogP contribution in [0.5, 0.6) is 17.2 Å². The van der Waals surface area contributed by atoms with Crippen LogP contribution in [0.4, 0.5) is 5.69 Å². The van der Waals surface area contributed by atoms with E-state index >= 15 is 0 Å². The van der Waals surface area contributed by atoms with Crippen molar-refractivity contribution >= 4 is 17.6 Å². The lowest BCUT2D eigenvalue weighted by molar-refractivity contribution is -0.153. The van der Waals surface area contributed by atoms with Gasteiger partial charge in [0.1, 0.15) is 17.2 Å². The van der Waals surface area contributed by atoms with Gasteiger partial charge >= 0.3 is 5.97 Å². The number of benzene rings is 2. The van der Waals surface area contributed by atoms with Crippen molar-refractivity contribution in [3.8, 4) is 17.2 Å². The van der Waals surface area contributed by atoms with Crippen LogP contribution >= 0.6 is 0 Å². The Hall–Kier alpha value is -3.22. The van der Waals surface area contributed by atoms with E-state index in [0.717, 1.165) is 11.3 Å². The van der Waals surface area contributed by atoms with Crippen LogP contribution in [0.2, 0.25) is 0 Å². The maximum absolute atomic E-state index is 12.3. The number of hydrogen-bond donors (Lipinski definition) is 1. The highest BCUT2D eigenvalue weighted by molar-refractivity contribution is 5.96. The summed E-state index contributed by atoms with van der Waals surface area (Å²) < 4.78 is 21.1. The number of esters is 1. The van der Waals surface area contributed by atoms with Gasteiger partial charge < -0.3 is 24.3 Å². The Morgan fingerprint density at radius 1 is 1.00 bits per heavy atom. The number of rotatable bonds is 10. The van der Waals surface area contributed by atoms with Crippen LogP contribution in [0.1, 0.15) is 25.3 Å². The van der Waals surface area contributed by atoms with Crippen molar-refractivity contribution in [1.82, 2.24) is 0 Å². The summed E-state index contributed by atoms with van der Waals surface area (Å²) >= 11 is 0. The van der Waals surface area contributed by atoms with E-state index in [9.17, 15) is 9.59 Å². The van der Waals surface area contributed by atoms with Crippen molar-refractivity contribution in [1.29, 1.82) is 0 Å². The number of carbonyl (C=O) groups is 2. The van der Waals surface area contributed by atoms with Gasteiger partial charge in [0.15, 0.2) is 6.10 Å². The Labute approximate surface area is 170 Å². The molecule has 29 heavy (non-hydrogen) atoms. The third kappa shape index (κ3) is 7.03. The maximum Gasteiger partial charge on any atom is 0.306 e. The van der Waals surface area contributed by atoms with Gasteiger partial charge in [0.05, 0.1) is 26.5 Å². The van der Waals surface area contributed by atoms with Gasteiger partial charge in [0, 0.05) is 6.42 Å². The first-order chi connectivity index (χ1) is 13.9. The van der Waals surface area contributed by atoms with Crippen molar-refractivity contribution in [3.63, 3.8) is 0 Å². The van der Waals surface area contributed by atoms with Gasteiger partial charge in [-0.2, -0.15) is 0 Å². The van der Waals surface area contributed by atoms with Crippen LogP contribution in [0.15, 0.2) is 42.5 Å². The zero-order valence-electron chi connectivity index (χ0n) is 17.2. The summed E-state index contributed by atoms with van der Waals surface area (Å²) in [6, 6.07) is 12.6. The molecular weight excluding hydrogens is 374 g/mol. The number of hydrogen-bond acceptors (Lipinski definition) is 6. The number of amides is 1. The fourth-order valence-corrected chi connectivity index (χ4v) is 2.54. The molecule has 0 fully saturated rings. The molecule has 7 heteroatoms. The fraction of sp³-hybridized carbons (Fsp3) is 0.364. The maximum atomic E-state index is 12.3. The van der Waals surface area contributed by atoms with Crippen molar-refractivity contribution in [2.45, 2.75) is 32.8 Å². The van der Waals surface area contributed by atoms with Gasteiger partial charge in [-0.15, -0.1) is 0 Å². The minimum atomic E-state index is -0.921. The molecule has 1 amide bonds. The number of nitrogens with one attached hydrogen (secondary N) is 1. The Morgan fingerprint density at radius 2 is 1.69 bits per heavy atom. The highest BCUT2D eigenvalue weighted by Gasteiger charge is 2.19. The molecule has 2 aromatic rings. The number of methoxy groups -OCH3 is 2. The summed E-state index contributed by atoms with van der Waals surface area (Å²) in [5, 5.41) is 2.73. The molecule has 1 N–H and O–H groups in total. The smallest absolute Gasteiger partial charge is 0.306 e. The molecule has 7 nitrogen and oxygen atoms in total. The molecule has 0 saturated heterocycles. The standard InChI is InChI=1S/C22H27NO6/c1-15-7-12-20(27-4)19(14-15)23-22(25)16(2)29-21(24)6-5-13-28-18-10-8-17(26-3)9-11-18/h7-12,14,16H,5-6,13H2,1-4H3,(H,23,25). The zero-order valence-corrected chi connectivity index (χ0v) is 17.2. The van der Waals surface area contributed by atoms with Gasteiger partial charge in [0.25, 0.3) is 5.91 Å².